The molecule has 0 aliphatic heterocycles. The minimum absolute atomic E-state index is 0.601. The predicted octanol–water partition coefficient (Wildman–Crippen LogP) is 1.10. The summed E-state index contributed by atoms with van der Waals surface area (Å²) in [7, 11) is 0. The van der Waals surface area contributed by atoms with E-state index < -0.39 is 0 Å². The van der Waals surface area contributed by atoms with E-state index in [0.29, 0.717) is 5.96 Å². The minimum Gasteiger partial charge on any atom is -0.370 e. The standard InChI is InChI=1S/C9H19N3/c1-2-11-9(10)12-7-8-5-3-4-6-8/h8H,2-7H2,1H3,(H3,10,11,12). The van der Waals surface area contributed by atoms with Gasteiger partial charge in [0.1, 0.15) is 0 Å². The molecule has 3 nitrogen and oxygen atoms in total. The van der Waals surface area contributed by atoms with Crippen LogP contribution in [0.5, 0.6) is 0 Å². The van der Waals surface area contributed by atoms with Gasteiger partial charge in [-0.1, -0.05) is 12.8 Å². The van der Waals surface area contributed by atoms with Gasteiger partial charge in [0, 0.05) is 13.1 Å². The molecule has 0 unspecified atom stereocenters. The van der Waals surface area contributed by atoms with E-state index in [1.807, 2.05) is 6.92 Å². The summed E-state index contributed by atoms with van der Waals surface area (Å²) in [6.07, 6.45) is 5.43. The van der Waals surface area contributed by atoms with Crippen LogP contribution < -0.4 is 11.1 Å². The molecule has 70 valence electrons. The van der Waals surface area contributed by atoms with Crippen molar-refractivity contribution in [3.63, 3.8) is 0 Å². The Morgan fingerprint density at radius 2 is 2.17 bits per heavy atom. The van der Waals surface area contributed by atoms with E-state index in [2.05, 4.69) is 10.3 Å². The van der Waals surface area contributed by atoms with Gasteiger partial charge in [-0.25, -0.2) is 0 Å². The average Bonchev–Trinajstić information content (AvgIpc) is 2.53. The summed E-state index contributed by atoms with van der Waals surface area (Å²) in [5, 5.41) is 3.00. The van der Waals surface area contributed by atoms with Crippen LogP contribution in [0.25, 0.3) is 0 Å². The van der Waals surface area contributed by atoms with Gasteiger partial charge < -0.3 is 11.1 Å². The molecule has 0 amide bonds. The third-order valence-corrected chi connectivity index (χ3v) is 2.35. The SMILES string of the molecule is CCNC(N)=NCC1CCCC1. The normalized spacial score (nSPS) is 19.9. The first kappa shape index (κ1) is 9.36. The Bertz CT molecular complexity index is 148. The van der Waals surface area contributed by atoms with Gasteiger partial charge in [0.25, 0.3) is 0 Å². The number of nitrogens with zero attached hydrogens (tertiary/aromatic N) is 1. The van der Waals surface area contributed by atoms with Gasteiger partial charge in [-0.15, -0.1) is 0 Å². The lowest BCUT2D eigenvalue weighted by Crippen LogP contribution is -2.31. The quantitative estimate of drug-likeness (QED) is 0.491. The van der Waals surface area contributed by atoms with Crippen molar-refractivity contribution in [2.45, 2.75) is 32.6 Å². The number of aliphatic imine (C=N–C) groups is 1. The topological polar surface area (TPSA) is 50.4 Å². The van der Waals surface area contributed by atoms with Crippen molar-refractivity contribution in [1.82, 2.24) is 5.32 Å². The van der Waals surface area contributed by atoms with E-state index in [1.54, 1.807) is 0 Å². The average molecular weight is 169 g/mol. The van der Waals surface area contributed by atoms with Crippen molar-refractivity contribution in [1.29, 1.82) is 0 Å². The number of hydrogen-bond donors (Lipinski definition) is 2. The molecule has 1 fully saturated rings. The number of guanidine groups is 1. The van der Waals surface area contributed by atoms with Crippen LogP contribution >= 0.6 is 0 Å². The largest absolute Gasteiger partial charge is 0.370 e. The number of nitrogens with two attached hydrogens (primary N) is 1. The first-order valence-corrected chi connectivity index (χ1v) is 4.86. The van der Waals surface area contributed by atoms with Crippen molar-refractivity contribution in [2.75, 3.05) is 13.1 Å². The molecule has 0 aromatic rings. The molecule has 1 aliphatic rings. The fourth-order valence-corrected chi connectivity index (χ4v) is 1.66. The maximum absolute atomic E-state index is 5.60. The Hall–Kier alpha value is -0.730. The zero-order valence-corrected chi connectivity index (χ0v) is 7.84. The van der Waals surface area contributed by atoms with Crippen molar-refractivity contribution in [3.8, 4) is 0 Å². The molecule has 1 rings (SSSR count). The Morgan fingerprint density at radius 1 is 1.50 bits per heavy atom. The smallest absolute Gasteiger partial charge is 0.188 e. The molecule has 0 heterocycles. The molecule has 0 bridgehead atoms. The minimum atomic E-state index is 0.601. The van der Waals surface area contributed by atoms with Gasteiger partial charge >= 0.3 is 0 Å². The highest BCUT2D eigenvalue weighted by atomic mass is 15.1. The van der Waals surface area contributed by atoms with Crippen LogP contribution in [0, 0.1) is 5.92 Å². The lowest BCUT2D eigenvalue weighted by atomic mass is 10.1. The highest BCUT2D eigenvalue weighted by Crippen LogP contribution is 2.24. The molecule has 0 aromatic heterocycles. The van der Waals surface area contributed by atoms with Gasteiger partial charge in [-0.05, 0) is 25.7 Å². The summed E-state index contributed by atoms with van der Waals surface area (Å²) in [6.45, 7) is 3.80. The maximum atomic E-state index is 5.60. The summed E-state index contributed by atoms with van der Waals surface area (Å²) < 4.78 is 0. The van der Waals surface area contributed by atoms with E-state index in [9.17, 15) is 0 Å². The molecule has 3 N–H and O–H groups in total. The van der Waals surface area contributed by atoms with E-state index >= 15 is 0 Å². The number of nitrogens with one attached hydrogen (secondary N) is 1. The van der Waals surface area contributed by atoms with Crippen LogP contribution in [-0.4, -0.2) is 19.0 Å². The van der Waals surface area contributed by atoms with E-state index in [4.69, 9.17) is 5.73 Å². The molecule has 0 radical (unpaired) electrons. The molecule has 1 saturated carbocycles. The van der Waals surface area contributed by atoms with Gasteiger partial charge in [-0.2, -0.15) is 0 Å². The third-order valence-electron chi connectivity index (χ3n) is 2.35. The van der Waals surface area contributed by atoms with Crippen LogP contribution in [0.1, 0.15) is 32.6 Å². The second-order valence-electron chi connectivity index (χ2n) is 3.41. The summed E-state index contributed by atoms with van der Waals surface area (Å²) in [6, 6.07) is 0. The van der Waals surface area contributed by atoms with E-state index in [1.165, 1.54) is 25.7 Å². The van der Waals surface area contributed by atoms with Crippen molar-refractivity contribution >= 4 is 5.96 Å². The second-order valence-corrected chi connectivity index (χ2v) is 3.41. The van der Waals surface area contributed by atoms with Crippen molar-refractivity contribution in [2.24, 2.45) is 16.6 Å². The molecule has 0 spiro atoms. The summed E-state index contributed by atoms with van der Waals surface area (Å²) in [5.41, 5.74) is 5.60. The van der Waals surface area contributed by atoms with Gasteiger partial charge in [0.05, 0.1) is 0 Å². The third kappa shape index (κ3) is 3.11. The van der Waals surface area contributed by atoms with Crippen LogP contribution in [0.3, 0.4) is 0 Å². The summed E-state index contributed by atoms with van der Waals surface area (Å²) in [4.78, 5) is 4.28. The number of hydrogen-bond acceptors (Lipinski definition) is 1. The predicted molar refractivity (Wildman–Crippen MR) is 52.1 cm³/mol. The number of rotatable bonds is 3. The van der Waals surface area contributed by atoms with Crippen molar-refractivity contribution in [3.05, 3.63) is 0 Å². The Kier molecular flexibility index (Phi) is 3.91. The molecule has 3 heteroatoms. The molecule has 0 saturated heterocycles. The van der Waals surface area contributed by atoms with Gasteiger partial charge in [0.15, 0.2) is 5.96 Å². The lowest BCUT2D eigenvalue weighted by Gasteiger charge is -2.05. The monoisotopic (exact) mass is 169 g/mol. The first-order valence-electron chi connectivity index (χ1n) is 4.86. The van der Waals surface area contributed by atoms with Crippen molar-refractivity contribution < 1.29 is 0 Å². The molecule has 1 aliphatic carbocycles. The highest BCUT2D eigenvalue weighted by Gasteiger charge is 2.13. The van der Waals surface area contributed by atoms with Gasteiger partial charge in [-0.3, -0.25) is 4.99 Å². The summed E-state index contributed by atoms with van der Waals surface area (Å²) in [5.74, 6) is 1.40. The van der Waals surface area contributed by atoms with Crippen LogP contribution in [0.15, 0.2) is 4.99 Å². The zero-order valence-electron chi connectivity index (χ0n) is 7.84. The highest BCUT2D eigenvalue weighted by molar-refractivity contribution is 5.77. The van der Waals surface area contributed by atoms with Crippen LogP contribution in [0.2, 0.25) is 0 Å². The molecule has 12 heavy (non-hydrogen) atoms. The molecular weight excluding hydrogens is 150 g/mol. The first-order chi connectivity index (χ1) is 5.83. The van der Waals surface area contributed by atoms with E-state index in [-0.39, 0.29) is 0 Å². The molecule has 0 atom stereocenters. The molecule has 0 aromatic carbocycles. The van der Waals surface area contributed by atoms with E-state index in [0.717, 1.165) is 19.0 Å². The Balaban J connectivity index is 2.17. The maximum Gasteiger partial charge on any atom is 0.188 e. The lowest BCUT2D eigenvalue weighted by molar-refractivity contribution is 0.562. The Morgan fingerprint density at radius 3 is 2.75 bits per heavy atom. The van der Waals surface area contributed by atoms with Crippen LogP contribution in [0.4, 0.5) is 0 Å². The van der Waals surface area contributed by atoms with Gasteiger partial charge in [0.2, 0.25) is 0 Å². The van der Waals surface area contributed by atoms with Crippen LogP contribution in [-0.2, 0) is 0 Å². The zero-order chi connectivity index (χ0) is 8.81. The molecular formula is C9H19N3. The fourth-order valence-electron chi connectivity index (χ4n) is 1.66. The summed E-state index contributed by atoms with van der Waals surface area (Å²) >= 11 is 0. The Labute approximate surface area is 74.4 Å². The fraction of sp³-hybridized carbons (Fsp3) is 0.889. The second kappa shape index (κ2) is 5.01.